The molecule has 0 bridgehead atoms. The minimum atomic E-state index is -3.23. The van der Waals surface area contributed by atoms with Gasteiger partial charge in [-0.25, -0.2) is 8.42 Å². The van der Waals surface area contributed by atoms with E-state index in [2.05, 4.69) is 26.6 Å². The van der Waals surface area contributed by atoms with Gasteiger partial charge in [-0.05, 0) is 52.3 Å². The molecular weight excluding hydrogens is 368 g/mol. The summed E-state index contributed by atoms with van der Waals surface area (Å²) >= 11 is 3.39. The van der Waals surface area contributed by atoms with Gasteiger partial charge in [-0.3, -0.25) is 4.79 Å². The third-order valence-corrected chi connectivity index (χ3v) is 4.70. The van der Waals surface area contributed by atoms with Crippen LogP contribution >= 0.6 is 15.9 Å². The number of amides is 1. The van der Waals surface area contributed by atoms with Crippen molar-refractivity contribution in [2.45, 2.75) is 4.90 Å². The Bertz CT molecular complexity index is 774. The molecule has 1 amide bonds. The Morgan fingerprint density at radius 3 is 2.32 bits per heavy atom. The molecule has 0 spiro atoms. The summed E-state index contributed by atoms with van der Waals surface area (Å²) < 4.78 is 23.6. The van der Waals surface area contributed by atoms with Crippen molar-refractivity contribution < 1.29 is 13.2 Å². The van der Waals surface area contributed by atoms with E-state index in [0.29, 0.717) is 5.69 Å². The summed E-state index contributed by atoms with van der Waals surface area (Å²) in [5.41, 5.74) is 1.37. The molecule has 2 aromatic rings. The Hall–Kier alpha value is -1.86. The molecule has 0 aliphatic carbocycles. The van der Waals surface area contributed by atoms with Gasteiger partial charge in [0.05, 0.1) is 11.4 Å². The van der Waals surface area contributed by atoms with Gasteiger partial charge in [-0.2, -0.15) is 0 Å². The van der Waals surface area contributed by atoms with Crippen molar-refractivity contribution in [3.8, 4) is 0 Å². The van der Waals surface area contributed by atoms with Crippen LogP contribution in [-0.2, 0) is 14.6 Å². The van der Waals surface area contributed by atoms with Crippen LogP contribution in [0.4, 0.5) is 11.4 Å². The zero-order chi connectivity index (χ0) is 16.2. The van der Waals surface area contributed by atoms with Crippen molar-refractivity contribution in [2.75, 3.05) is 23.4 Å². The lowest BCUT2D eigenvalue weighted by atomic mass is 10.3. The number of nitrogens with one attached hydrogen (secondary N) is 2. The molecule has 0 saturated carbocycles. The summed E-state index contributed by atoms with van der Waals surface area (Å²) in [6.07, 6.45) is 1.14. The first-order chi connectivity index (χ1) is 10.4. The SMILES string of the molecule is CS(=O)(=O)c1ccc(NC(=O)CNc2ccccc2Br)cc1. The average Bonchev–Trinajstić information content (AvgIpc) is 2.46. The molecule has 22 heavy (non-hydrogen) atoms. The highest BCUT2D eigenvalue weighted by Crippen LogP contribution is 2.20. The summed E-state index contributed by atoms with van der Waals surface area (Å²) in [6, 6.07) is 13.5. The fraction of sp³-hybridized carbons (Fsp3) is 0.133. The zero-order valence-electron chi connectivity index (χ0n) is 11.8. The highest BCUT2D eigenvalue weighted by atomic mass is 79.9. The Kier molecular flexibility index (Phi) is 5.20. The van der Waals surface area contributed by atoms with E-state index >= 15 is 0 Å². The highest BCUT2D eigenvalue weighted by molar-refractivity contribution is 9.10. The van der Waals surface area contributed by atoms with Crippen molar-refractivity contribution in [1.29, 1.82) is 0 Å². The molecular formula is C15H15BrN2O3S. The topological polar surface area (TPSA) is 75.3 Å². The van der Waals surface area contributed by atoms with E-state index in [4.69, 9.17) is 0 Å². The summed E-state index contributed by atoms with van der Waals surface area (Å²) in [7, 11) is -3.23. The number of rotatable bonds is 5. The van der Waals surface area contributed by atoms with Gasteiger partial charge in [0.2, 0.25) is 5.91 Å². The van der Waals surface area contributed by atoms with Crippen molar-refractivity contribution in [2.24, 2.45) is 0 Å². The molecule has 0 radical (unpaired) electrons. The Morgan fingerprint density at radius 2 is 1.73 bits per heavy atom. The van der Waals surface area contributed by atoms with E-state index in [1.807, 2.05) is 24.3 Å². The molecule has 7 heteroatoms. The maximum Gasteiger partial charge on any atom is 0.243 e. The second kappa shape index (κ2) is 6.93. The van der Waals surface area contributed by atoms with Gasteiger partial charge in [0.1, 0.15) is 0 Å². The standard InChI is InChI=1S/C15H15BrN2O3S/c1-22(20,21)12-8-6-11(7-9-12)18-15(19)10-17-14-5-3-2-4-13(14)16/h2-9,17H,10H2,1H3,(H,18,19). The first kappa shape index (κ1) is 16.5. The summed E-state index contributed by atoms with van der Waals surface area (Å²) in [4.78, 5) is 12.1. The van der Waals surface area contributed by atoms with Gasteiger partial charge in [0, 0.05) is 22.1 Å². The van der Waals surface area contributed by atoms with Crippen LogP contribution in [0.2, 0.25) is 0 Å². The van der Waals surface area contributed by atoms with Crippen LogP contribution in [0.25, 0.3) is 0 Å². The molecule has 0 saturated heterocycles. The Labute approximate surface area is 137 Å². The normalized spacial score (nSPS) is 11.0. The molecule has 116 valence electrons. The number of benzene rings is 2. The third kappa shape index (κ3) is 4.57. The zero-order valence-corrected chi connectivity index (χ0v) is 14.2. The largest absolute Gasteiger partial charge is 0.375 e. The van der Waals surface area contributed by atoms with Crippen LogP contribution < -0.4 is 10.6 Å². The monoisotopic (exact) mass is 382 g/mol. The molecule has 0 unspecified atom stereocenters. The molecule has 5 nitrogen and oxygen atoms in total. The summed E-state index contributed by atoms with van der Waals surface area (Å²) in [6.45, 7) is 0.108. The van der Waals surface area contributed by atoms with E-state index < -0.39 is 9.84 Å². The number of hydrogen-bond acceptors (Lipinski definition) is 4. The lowest BCUT2D eigenvalue weighted by Gasteiger charge is -2.09. The van der Waals surface area contributed by atoms with Crippen molar-refractivity contribution in [3.05, 3.63) is 53.0 Å². The predicted octanol–water partition coefficient (Wildman–Crippen LogP) is 2.90. The molecule has 2 N–H and O–H groups in total. The van der Waals surface area contributed by atoms with Gasteiger partial charge in [0.15, 0.2) is 9.84 Å². The second-order valence-corrected chi connectivity index (χ2v) is 7.55. The smallest absolute Gasteiger partial charge is 0.243 e. The third-order valence-electron chi connectivity index (χ3n) is 2.88. The van der Waals surface area contributed by atoms with Crippen LogP contribution in [0.15, 0.2) is 57.9 Å². The fourth-order valence-corrected chi connectivity index (χ4v) is 2.83. The van der Waals surface area contributed by atoms with Gasteiger partial charge >= 0.3 is 0 Å². The van der Waals surface area contributed by atoms with Crippen LogP contribution in [0, 0.1) is 0 Å². The Morgan fingerprint density at radius 1 is 1.09 bits per heavy atom. The number of hydrogen-bond donors (Lipinski definition) is 2. The number of carbonyl (C=O) groups is 1. The minimum absolute atomic E-state index is 0.108. The van der Waals surface area contributed by atoms with Gasteiger partial charge in [0.25, 0.3) is 0 Å². The summed E-state index contributed by atoms with van der Waals surface area (Å²) in [5.74, 6) is -0.220. The number of para-hydroxylation sites is 1. The molecule has 2 aromatic carbocycles. The molecule has 0 heterocycles. The average molecular weight is 383 g/mol. The maximum atomic E-state index is 11.9. The van der Waals surface area contributed by atoms with Crippen LogP contribution in [-0.4, -0.2) is 27.1 Å². The number of anilines is 2. The summed E-state index contributed by atoms with van der Waals surface area (Å²) in [5, 5.41) is 5.71. The molecule has 0 aliphatic rings. The van der Waals surface area contributed by atoms with Gasteiger partial charge in [-0.1, -0.05) is 12.1 Å². The van der Waals surface area contributed by atoms with E-state index in [1.165, 1.54) is 12.1 Å². The van der Waals surface area contributed by atoms with E-state index in [1.54, 1.807) is 12.1 Å². The quantitative estimate of drug-likeness (QED) is 0.833. The predicted molar refractivity (Wildman–Crippen MR) is 90.8 cm³/mol. The lowest BCUT2D eigenvalue weighted by Crippen LogP contribution is -2.21. The Balaban J connectivity index is 1.94. The van der Waals surface area contributed by atoms with Crippen molar-refractivity contribution >= 4 is 43.0 Å². The molecule has 0 aromatic heterocycles. The van der Waals surface area contributed by atoms with Crippen LogP contribution in [0.1, 0.15) is 0 Å². The van der Waals surface area contributed by atoms with Crippen molar-refractivity contribution in [1.82, 2.24) is 0 Å². The van der Waals surface area contributed by atoms with E-state index in [0.717, 1.165) is 16.4 Å². The molecule has 0 fully saturated rings. The first-order valence-electron chi connectivity index (χ1n) is 6.44. The molecule has 2 rings (SSSR count). The van der Waals surface area contributed by atoms with Gasteiger partial charge < -0.3 is 10.6 Å². The molecule has 0 atom stereocenters. The number of carbonyl (C=O) groups excluding carboxylic acids is 1. The second-order valence-electron chi connectivity index (χ2n) is 4.68. The first-order valence-corrected chi connectivity index (χ1v) is 9.13. The lowest BCUT2D eigenvalue weighted by molar-refractivity contribution is -0.114. The number of sulfone groups is 1. The van der Waals surface area contributed by atoms with Crippen LogP contribution in [0.3, 0.4) is 0 Å². The maximum absolute atomic E-state index is 11.9. The highest BCUT2D eigenvalue weighted by Gasteiger charge is 2.08. The molecule has 0 aliphatic heterocycles. The van der Waals surface area contributed by atoms with Crippen LogP contribution in [0.5, 0.6) is 0 Å². The van der Waals surface area contributed by atoms with E-state index in [-0.39, 0.29) is 17.3 Å². The van der Waals surface area contributed by atoms with Gasteiger partial charge in [-0.15, -0.1) is 0 Å². The fourth-order valence-electron chi connectivity index (χ4n) is 1.77. The number of halogens is 1. The van der Waals surface area contributed by atoms with Crippen molar-refractivity contribution in [3.63, 3.8) is 0 Å². The minimum Gasteiger partial charge on any atom is -0.375 e. The van der Waals surface area contributed by atoms with E-state index in [9.17, 15) is 13.2 Å².